The number of benzene rings is 2. The second kappa shape index (κ2) is 9.16. The van der Waals surface area contributed by atoms with Crippen LogP contribution in [0.15, 0.2) is 48.5 Å². The number of piperidine rings is 1. The van der Waals surface area contributed by atoms with Gasteiger partial charge in [0, 0.05) is 31.2 Å². The highest BCUT2D eigenvalue weighted by Crippen LogP contribution is 2.30. The highest BCUT2D eigenvalue weighted by Gasteiger charge is 2.44. The molecule has 2 saturated heterocycles. The van der Waals surface area contributed by atoms with E-state index in [1.165, 1.54) is 36.4 Å². The lowest BCUT2D eigenvalue weighted by Gasteiger charge is -2.40. The van der Waals surface area contributed by atoms with E-state index in [0.717, 1.165) is 4.90 Å². The molecule has 168 valence electrons. The summed E-state index contributed by atoms with van der Waals surface area (Å²) in [7, 11) is 0. The smallest absolute Gasteiger partial charge is 0.251 e. The largest absolute Gasteiger partial charge is 0.309 e. The summed E-state index contributed by atoms with van der Waals surface area (Å²) in [5.74, 6) is -1.44. The van der Waals surface area contributed by atoms with Crippen LogP contribution >= 0.6 is 0 Å². The van der Waals surface area contributed by atoms with Gasteiger partial charge in [0.2, 0.25) is 11.8 Å². The molecule has 0 bridgehead atoms. The third-order valence-corrected chi connectivity index (χ3v) is 6.19. The Balaban J connectivity index is 1.45. The van der Waals surface area contributed by atoms with Crippen LogP contribution in [0.1, 0.15) is 32.6 Å². The predicted molar refractivity (Wildman–Crippen MR) is 116 cm³/mol. The lowest BCUT2D eigenvalue weighted by Crippen LogP contribution is -2.51. The molecule has 0 saturated carbocycles. The highest BCUT2D eigenvalue weighted by molar-refractivity contribution is 6.22. The summed E-state index contributed by atoms with van der Waals surface area (Å²) in [6.07, 6.45) is 1.69. The predicted octanol–water partition coefficient (Wildman–Crippen LogP) is 3.50. The lowest BCUT2D eigenvalue weighted by atomic mass is 9.99. The average Bonchev–Trinajstić information content (AvgIpc) is 3.10. The standard InChI is InChI=1S/C24H25F2N3O3/c1-2-22(30)28(18-7-3-16(25)4-8-18)20-11-13-27(14-12-20)21-15-23(31)29(24(21)32)19-9-5-17(26)6-10-19/h3-10,20-21H,2,11-15H2,1H3/t21-/m1/s1. The topological polar surface area (TPSA) is 60.9 Å². The van der Waals surface area contributed by atoms with Crippen LogP contribution in [0.2, 0.25) is 0 Å². The number of amides is 3. The van der Waals surface area contributed by atoms with Gasteiger partial charge in [-0.3, -0.25) is 19.3 Å². The van der Waals surface area contributed by atoms with Crippen molar-refractivity contribution in [3.05, 3.63) is 60.2 Å². The van der Waals surface area contributed by atoms with E-state index in [1.54, 1.807) is 24.0 Å². The average molecular weight is 441 g/mol. The second-order valence-corrected chi connectivity index (χ2v) is 8.12. The molecule has 2 aliphatic heterocycles. The van der Waals surface area contributed by atoms with Gasteiger partial charge in [-0.15, -0.1) is 0 Å². The quantitative estimate of drug-likeness (QED) is 0.667. The third kappa shape index (κ3) is 4.27. The molecule has 0 spiro atoms. The van der Waals surface area contributed by atoms with Crippen molar-refractivity contribution in [3.63, 3.8) is 0 Å². The molecule has 0 aromatic heterocycles. The van der Waals surface area contributed by atoms with E-state index in [1.807, 2.05) is 4.90 Å². The van der Waals surface area contributed by atoms with Crippen LogP contribution in [0.4, 0.5) is 20.2 Å². The summed E-state index contributed by atoms with van der Waals surface area (Å²) in [6, 6.07) is 10.6. The molecule has 0 aliphatic carbocycles. The van der Waals surface area contributed by atoms with E-state index < -0.39 is 11.9 Å². The van der Waals surface area contributed by atoms with Crippen molar-refractivity contribution in [1.82, 2.24) is 4.90 Å². The summed E-state index contributed by atoms with van der Waals surface area (Å²) < 4.78 is 26.6. The Morgan fingerprint density at radius 2 is 1.53 bits per heavy atom. The molecule has 2 heterocycles. The Morgan fingerprint density at radius 3 is 2.09 bits per heavy atom. The molecule has 0 unspecified atom stereocenters. The Kier molecular flexibility index (Phi) is 6.32. The summed E-state index contributed by atoms with van der Waals surface area (Å²) in [5, 5.41) is 0. The molecule has 6 nitrogen and oxygen atoms in total. The molecule has 8 heteroatoms. The normalized spacial score (nSPS) is 20.1. The summed E-state index contributed by atoms with van der Waals surface area (Å²) in [6.45, 7) is 2.90. The van der Waals surface area contributed by atoms with Gasteiger partial charge in [-0.25, -0.2) is 13.7 Å². The number of anilines is 2. The van der Waals surface area contributed by atoms with E-state index in [0.29, 0.717) is 43.7 Å². The Bertz CT molecular complexity index is 1000. The van der Waals surface area contributed by atoms with Crippen LogP contribution in [0.5, 0.6) is 0 Å². The zero-order valence-electron chi connectivity index (χ0n) is 17.8. The molecule has 4 rings (SSSR count). The van der Waals surface area contributed by atoms with Gasteiger partial charge < -0.3 is 4.90 Å². The van der Waals surface area contributed by atoms with Gasteiger partial charge >= 0.3 is 0 Å². The molecule has 2 aromatic carbocycles. The number of rotatable bonds is 5. The molecular formula is C24H25F2N3O3. The van der Waals surface area contributed by atoms with Gasteiger partial charge in [0.1, 0.15) is 11.6 Å². The second-order valence-electron chi connectivity index (χ2n) is 8.12. The van der Waals surface area contributed by atoms with Crippen molar-refractivity contribution in [2.45, 2.75) is 44.7 Å². The Hall–Kier alpha value is -3.13. The maximum Gasteiger partial charge on any atom is 0.251 e. The minimum absolute atomic E-state index is 0.0373. The van der Waals surface area contributed by atoms with E-state index in [-0.39, 0.29) is 36.0 Å². The Labute approximate surface area is 185 Å². The fourth-order valence-corrected chi connectivity index (χ4v) is 4.55. The minimum atomic E-state index is -0.561. The molecule has 0 N–H and O–H groups in total. The molecule has 2 fully saturated rings. The van der Waals surface area contributed by atoms with Crippen molar-refractivity contribution in [3.8, 4) is 0 Å². The molecule has 32 heavy (non-hydrogen) atoms. The first-order valence-electron chi connectivity index (χ1n) is 10.8. The number of imide groups is 1. The van der Waals surface area contributed by atoms with Crippen LogP contribution < -0.4 is 9.80 Å². The number of carbonyl (C=O) groups is 3. The number of hydrogen-bond donors (Lipinski definition) is 0. The van der Waals surface area contributed by atoms with Crippen LogP contribution in [-0.4, -0.2) is 47.8 Å². The Morgan fingerprint density at radius 1 is 0.969 bits per heavy atom. The van der Waals surface area contributed by atoms with E-state index in [2.05, 4.69) is 0 Å². The van der Waals surface area contributed by atoms with Crippen LogP contribution in [-0.2, 0) is 14.4 Å². The number of carbonyl (C=O) groups excluding carboxylic acids is 3. The monoisotopic (exact) mass is 441 g/mol. The van der Waals surface area contributed by atoms with Crippen molar-refractivity contribution in [1.29, 1.82) is 0 Å². The van der Waals surface area contributed by atoms with Crippen LogP contribution in [0.3, 0.4) is 0 Å². The zero-order valence-corrected chi connectivity index (χ0v) is 17.8. The molecule has 2 aliphatic rings. The first-order valence-corrected chi connectivity index (χ1v) is 10.8. The van der Waals surface area contributed by atoms with Crippen LogP contribution in [0.25, 0.3) is 0 Å². The maximum atomic E-state index is 13.3. The molecule has 0 radical (unpaired) electrons. The summed E-state index contributed by atoms with van der Waals surface area (Å²) >= 11 is 0. The van der Waals surface area contributed by atoms with Gasteiger partial charge in [0.05, 0.1) is 18.2 Å². The van der Waals surface area contributed by atoms with Crippen molar-refractivity contribution < 1.29 is 23.2 Å². The fourth-order valence-electron chi connectivity index (χ4n) is 4.55. The number of nitrogens with zero attached hydrogens (tertiary/aromatic N) is 3. The molecule has 3 amide bonds. The van der Waals surface area contributed by atoms with Gasteiger partial charge in [-0.2, -0.15) is 0 Å². The van der Waals surface area contributed by atoms with Gasteiger partial charge in [-0.1, -0.05) is 6.92 Å². The van der Waals surface area contributed by atoms with Crippen LogP contribution in [0, 0.1) is 11.6 Å². The zero-order chi connectivity index (χ0) is 22.8. The van der Waals surface area contributed by atoms with Crippen molar-refractivity contribution >= 4 is 29.1 Å². The van der Waals surface area contributed by atoms with Crippen molar-refractivity contribution in [2.24, 2.45) is 0 Å². The fraction of sp³-hybridized carbons (Fsp3) is 0.375. The van der Waals surface area contributed by atoms with Crippen molar-refractivity contribution in [2.75, 3.05) is 22.9 Å². The number of halogens is 2. The summed E-state index contributed by atoms with van der Waals surface area (Å²) in [4.78, 5) is 43.0. The SMILES string of the molecule is CCC(=O)N(c1ccc(F)cc1)C1CCN([C@@H]2CC(=O)N(c3ccc(F)cc3)C2=O)CC1. The van der Waals surface area contributed by atoms with E-state index in [9.17, 15) is 23.2 Å². The van der Waals surface area contributed by atoms with Gasteiger partial charge in [-0.05, 0) is 61.4 Å². The number of hydrogen-bond acceptors (Lipinski definition) is 4. The summed E-state index contributed by atoms with van der Waals surface area (Å²) in [5.41, 5.74) is 1.03. The van der Waals surface area contributed by atoms with E-state index in [4.69, 9.17) is 0 Å². The minimum Gasteiger partial charge on any atom is -0.309 e. The van der Waals surface area contributed by atoms with Gasteiger partial charge in [0.15, 0.2) is 0 Å². The first-order chi connectivity index (χ1) is 15.4. The lowest BCUT2D eigenvalue weighted by molar-refractivity contribution is -0.123. The molecule has 2 aromatic rings. The first kappa shape index (κ1) is 22.1. The number of likely N-dealkylation sites (tertiary alicyclic amines) is 1. The van der Waals surface area contributed by atoms with E-state index >= 15 is 0 Å². The molecule has 1 atom stereocenters. The molecular weight excluding hydrogens is 416 g/mol. The third-order valence-electron chi connectivity index (χ3n) is 6.19. The van der Waals surface area contributed by atoms with Gasteiger partial charge in [0.25, 0.3) is 5.91 Å². The highest BCUT2D eigenvalue weighted by atomic mass is 19.1. The maximum absolute atomic E-state index is 13.3.